The number of carbonyl (C=O) groups excluding carboxylic acids is 1. The van der Waals surface area contributed by atoms with Gasteiger partial charge in [0.1, 0.15) is 0 Å². The number of nitrogens with zero attached hydrogens (tertiary/aromatic N) is 1. The van der Waals surface area contributed by atoms with E-state index < -0.39 is 0 Å². The van der Waals surface area contributed by atoms with Gasteiger partial charge in [-0.2, -0.15) is 5.10 Å². The fourth-order valence-electron chi connectivity index (χ4n) is 2.02. The largest absolute Gasteiger partial charge is 0.331 e. The fraction of sp³-hybridized carbons (Fsp3) is 0. The molecule has 1 aliphatic heterocycles. The average molecular weight is 328 g/mol. The highest BCUT2D eigenvalue weighted by Crippen LogP contribution is 2.22. The molecule has 0 saturated carbocycles. The molecule has 1 amide bonds. The van der Waals surface area contributed by atoms with Crippen LogP contribution in [0.2, 0.25) is 0 Å². The van der Waals surface area contributed by atoms with Crippen LogP contribution in [0.1, 0.15) is 5.56 Å². The van der Waals surface area contributed by atoms with E-state index in [4.69, 9.17) is 12.2 Å². The first kappa shape index (κ1) is 14.6. The van der Waals surface area contributed by atoms with Gasteiger partial charge in [-0.25, -0.2) is 0 Å². The monoisotopic (exact) mass is 328 g/mol. The standard InChI is InChI=1S/C15H12N4OS2/c20-14-13(11-3-1-2-4-12(11)17-14)18-19-15(22)16-9-5-7-10(21)8-6-9/h1-8,21H,(H2,16,19,22)(H,17,18,20). The van der Waals surface area contributed by atoms with Crippen LogP contribution in [0.15, 0.2) is 58.5 Å². The molecule has 0 unspecified atom stereocenters. The number of hydrogen-bond donors (Lipinski definition) is 4. The molecule has 3 N–H and O–H groups in total. The van der Waals surface area contributed by atoms with Crippen molar-refractivity contribution in [3.8, 4) is 0 Å². The number of thiol groups is 1. The van der Waals surface area contributed by atoms with Gasteiger partial charge in [0.15, 0.2) is 10.8 Å². The summed E-state index contributed by atoms with van der Waals surface area (Å²) < 4.78 is 0. The number of benzene rings is 2. The number of nitrogens with one attached hydrogen (secondary N) is 3. The number of hydrogen-bond acceptors (Lipinski definition) is 4. The van der Waals surface area contributed by atoms with E-state index in [1.807, 2.05) is 48.5 Å². The number of para-hydroxylation sites is 1. The maximum Gasteiger partial charge on any atom is 0.276 e. The van der Waals surface area contributed by atoms with Gasteiger partial charge in [0.2, 0.25) is 0 Å². The minimum atomic E-state index is -0.254. The highest BCUT2D eigenvalue weighted by molar-refractivity contribution is 7.80. The molecule has 22 heavy (non-hydrogen) atoms. The lowest BCUT2D eigenvalue weighted by molar-refractivity contribution is -0.110. The van der Waals surface area contributed by atoms with Gasteiger partial charge < -0.3 is 10.6 Å². The van der Waals surface area contributed by atoms with Crippen LogP contribution in [0, 0.1) is 0 Å². The van der Waals surface area contributed by atoms with Crippen LogP contribution in [0.5, 0.6) is 0 Å². The Balaban J connectivity index is 1.70. The maximum absolute atomic E-state index is 11.9. The molecule has 7 heteroatoms. The van der Waals surface area contributed by atoms with Crippen molar-refractivity contribution in [3.63, 3.8) is 0 Å². The summed E-state index contributed by atoms with van der Waals surface area (Å²) >= 11 is 9.38. The molecule has 0 aromatic heterocycles. The number of hydrazone groups is 1. The van der Waals surface area contributed by atoms with E-state index in [-0.39, 0.29) is 5.91 Å². The van der Waals surface area contributed by atoms with Gasteiger partial charge >= 0.3 is 0 Å². The van der Waals surface area contributed by atoms with Crippen LogP contribution >= 0.6 is 24.8 Å². The van der Waals surface area contributed by atoms with Crippen molar-refractivity contribution in [2.24, 2.45) is 5.10 Å². The third-order valence-electron chi connectivity index (χ3n) is 3.04. The molecule has 2 aromatic carbocycles. The molecule has 0 bridgehead atoms. The fourth-order valence-corrected chi connectivity index (χ4v) is 2.34. The lowest BCUT2D eigenvalue weighted by atomic mass is 10.1. The third-order valence-corrected chi connectivity index (χ3v) is 3.53. The summed E-state index contributed by atoms with van der Waals surface area (Å²) in [6.45, 7) is 0. The Morgan fingerprint density at radius 1 is 1.14 bits per heavy atom. The van der Waals surface area contributed by atoms with Crippen molar-refractivity contribution < 1.29 is 4.79 Å². The summed E-state index contributed by atoms with van der Waals surface area (Å²) in [4.78, 5) is 12.8. The molecule has 3 rings (SSSR count). The Hall–Kier alpha value is -2.38. The molecule has 2 aromatic rings. The zero-order valence-corrected chi connectivity index (χ0v) is 13.0. The molecule has 0 atom stereocenters. The van der Waals surface area contributed by atoms with Crippen LogP contribution in [0.3, 0.4) is 0 Å². The summed E-state index contributed by atoms with van der Waals surface area (Å²) in [6.07, 6.45) is 0. The Labute approximate surface area is 138 Å². The zero-order chi connectivity index (χ0) is 15.5. The number of carbonyl (C=O) groups is 1. The smallest absolute Gasteiger partial charge is 0.276 e. The average Bonchev–Trinajstić information content (AvgIpc) is 2.83. The molecule has 0 saturated heterocycles. The Morgan fingerprint density at radius 2 is 1.86 bits per heavy atom. The molecule has 0 aliphatic carbocycles. The van der Waals surface area contributed by atoms with Crippen LogP contribution in [-0.4, -0.2) is 16.7 Å². The predicted molar refractivity (Wildman–Crippen MR) is 94.7 cm³/mol. The van der Waals surface area contributed by atoms with Crippen LogP contribution in [-0.2, 0) is 4.79 Å². The van der Waals surface area contributed by atoms with E-state index in [0.717, 1.165) is 21.8 Å². The second kappa shape index (κ2) is 6.17. The second-order valence-electron chi connectivity index (χ2n) is 4.57. The molecule has 1 aliphatic rings. The van der Waals surface area contributed by atoms with Crippen molar-refractivity contribution in [2.45, 2.75) is 4.90 Å². The first-order valence-electron chi connectivity index (χ1n) is 6.48. The van der Waals surface area contributed by atoms with E-state index in [0.29, 0.717) is 10.8 Å². The first-order valence-corrected chi connectivity index (χ1v) is 7.33. The maximum atomic E-state index is 11.9. The molecule has 0 radical (unpaired) electrons. The molecule has 5 nitrogen and oxygen atoms in total. The number of thiocarbonyl (C=S) groups is 1. The van der Waals surface area contributed by atoms with E-state index in [1.54, 1.807) is 0 Å². The quantitative estimate of drug-likeness (QED) is 0.389. The summed E-state index contributed by atoms with van der Waals surface area (Å²) in [6, 6.07) is 14.8. The van der Waals surface area contributed by atoms with E-state index >= 15 is 0 Å². The summed E-state index contributed by atoms with van der Waals surface area (Å²) in [5, 5.41) is 10.1. The predicted octanol–water partition coefficient (Wildman–Crippen LogP) is 2.62. The van der Waals surface area contributed by atoms with E-state index in [9.17, 15) is 4.79 Å². The summed E-state index contributed by atoms with van der Waals surface area (Å²) in [5.41, 5.74) is 5.31. The Bertz CT molecular complexity index is 771. The molecule has 1 heterocycles. The van der Waals surface area contributed by atoms with E-state index in [1.165, 1.54) is 0 Å². The van der Waals surface area contributed by atoms with Gasteiger partial charge in [-0.15, -0.1) is 12.6 Å². The number of anilines is 2. The minimum absolute atomic E-state index is 0.254. The lowest BCUT2D eigenvalue weighted by Crippen LogP contribution is -2.27. The molecule has 110 valence electrons. The topological polar surface area (TPSA) is 65.5 Å². The minimum Gasteiger partial charge on any atom is -0.331 e. The van der Waals surface area contributed by atoms with Gasteiger partial charge in [-0.05, 0) is 42.5 Å². The highest BCUT2D eigenvalue weighted by Gasteiger charge is 2.25. The van der Waals surface area contributed by atoms with Gasteiger partial charge in [-0.1, -0.05) is 18.2 Å². The lowest BCUT2D eigenvalue weighted by Gasteiger charge is -2.07. The number of rotatable bonds is 2. The summed E-state index contributed by atoms with van der Waals surface area (Å²) in [7, 11) is 0. The Kier molecular flexibility index (Phi) is 4.08. The zero-order valence-electron chi connectivity index (χ0n) is 11.3. The Morgan fingerprint density at radius 3 is 2.64 bits per heavy atom. The van der Waals surface area contributed by atoms with Crippen LogP contribution < -0.4 is 16.1 Å². The van der Waals surface area contributed by atoms with Gasteiger partial charge in [0.05, 0.1) is 5.69 Å². The molecular formula is C15H12N4OS2. The van der Waals surface area contributed by atoms with Crippen molar-refractivity contribution >= 4 is 53.0 Å². The number of fused-ring (bicyclic) bond motifs is 1. The van der Waals surface area contributed by atoms with Crippen LogP contribution in [0.4, 0.5) is 11.4 Å². The second-order valence-corrected chi connectivity index (χ2v) is 5.50. The van der Waals surface area contributed by atoms with Gasteiger partial charge in [0, 0.05) is 16.1 Å². The third kappa shape index (κ3) is 3.10. The van der Waals surface area contributed by atoms with E-state index in [2.05, 4.69) is 33.8 Å². The van der Waals surface area contributed by atoms with Crippen molar-refractivity contribution in [3.05, 3.63) is 54.1 Å². The highest BCUT2D eigenvalue weighted by atomic mass is 32.1. The SMILES string of the molecule is O=C1Nc2ccccc2/C1=N/NC(=S)Nc1ccc(S)cc1. The van der Waals surface area contributed by atoms with Gasteiger partial charge in [0.25, 0.3) is 5.91 Å². The van der Waals surface area contributed by atoms with Crippen molar-refractivity contribution in [1.82, 2.24) is 5.43 Å². The summed E-state index contributed by atoms with van der Waals surface area (Å²) in [5.74, 6) is -0.254. The molecular weight excluding hydrogens is 316 g/mol. The van der Waals surface area contributed by atoms with Gasteiger partial charge in [-0.3, -0.25) is 10.2 Å². The molecule has 0 fully saturated rings. The number of amides is 1. The molecule has 0 spiro atoms. The van der Waals surface area contributed by atoms with Crippen LogP contribution in [0.25, 0.3) is 0 Å². The first-order chi connectivity index (χ1) is 10.6. The van der Waals surface area contributed by atoms with Crippen molar-refractivity contribution in [2.75, 3.05) is 10.6 Å². The normalized spacial score (nSPS) is 14.4. The van der Waals surface area contributed by atoms with Crippen molar-refractivity contribution in [1.29, 1.82) is 0 Å².